The first kappa shape index (κ1) is 24.3. The summed E-state index contributed by atoms with van der Waals surface area (Å²) in [5.41, 5.74) is 0.391. The van der Waals surface area contributed by atoms with Crippen molar-refractivity contribution in [2.45, 2.75) is 6.42 Å². The highest BCUT2D eigenvalue weighted by molar-refractivity contribution is 6.01. The van der Waals surface area contributed by atoms with Crippen molar-refractivity contribution in [1.82, 2.24) is 10.6 Å². The Morgan fingerprint density at radius 1 is 0.848 bits per heavy atom. The summed E-state index contributed by atoms with van der Waals surface area (Å²) in [6, 6.07) is 11.2. The molecule has 0 fully saturated rings. The van der Waals surface area contributed by atoms with Gasteiger partial charge in [-0.15, -0.1) is 0 Å². The molecule has 2 aromatic rings. The lowest BCUT2D eigenvalue weighted by Gasteiger charge is -2.06. The predicted octanol–water partition coefficient (Wildman–Crippen LogP) is 1.65. The number of carbonyl (C=O) groups excluding carboxylic acids is 2. The topological polar surface area (TPSA) is 187 Å². The Bertz CT molecular complexity index is 1200. The van der Waals surface area contributed by atoms with Gasteiger partial charge < -0.3 is 31.1 Å². The van der Waals surface area contributed by atoms with Crippen LogP contribution in [0.5, 0.6) is 23.0 Å². The van der Waals surface area contributed by atoms with E-state index in [1.54, 1.807) is 6.07 Å². The molecule has 0 unspecified atom stereocenters. The molecule has 0 spiro atoms. The number of amides is 2. The van der Waals surface area contributed by atoms with Crippen molar-refractivity contribution in [3.05, 3.63) is 59.2 Å². The van der Waals surface area contributed by atoms with Crippen LogP contribution in [0.2, 0.25) is 0 Å². The van der Waals surface area contributed by atoms with Gasteiger partial charge in [-0.3, -0.25) is 9.59 Å². The van der Waals surface area contributed by atoms with Crippen molar-refractivity contribution in [2.24, 2.45) is 0 Å². The molecule has 2 rings (SSSR count). The zero-order valence-corrected chi connectivity index (χ0v) is 17.2. The van der Waals surface area contributed by atoms with E-state index < -0.39 is 17.6 Å². The van der Waals surface area contributed by atoms with Gasteiger partial charge in [0.1, 0.15) is 11.6 Å². The summed E-state index contributed by atoms with van der Waals surface area (Å²) in [6.07, 6.45) is 2.64. The fraction of sp³-hybridized carbons (Fsp3) is 0.130. The highest BCUT2D eigenvalue weighted by Crippen LogP contribution is 2.28. The van der Waals surface area contributed by atoms with Gasteiger partial charge >= 0.3 is 0 Å². The lowest BCUT2D eigenvalue weighted by Crippen LogP contribution is -2.29. The number of rotatable bonds is 8. The summed E-state index contributed by atoms with van der Waals surface area (Å²) < 4.78 is 0. The van der Waals surface area contributed by atoms with Gasteiger partial charge in [-0.2, -0.15) is 10.5 Å². The number of hydrogen-bond donors (Lipinski definition) is 6. The van der Waals surface area contributed by atoms with E-state index in [9.17, 15) is 40.5 Å². The molecular weight excluding hydrogens is 428 g/mol. The van der Waals surface area contributed by atoms with Gasteiger partial charge in [0.05, 0.1) is 11.6 Å². The molecule has 6 N–H and O–H groups in total. The van der Waals surface area contributed by atoms with E-state index in [-0.39, 0.29) is 47.0 Å². The van der Waals surface area contributed by atoms with Crippen LogP contribution in [-0.2, 0) is 9.59 Å². The van der Waals surface area contributed by atoms with Crippen molar-refractivity contribution >= 4 is 23.5 Å². The summed E-state index contributed by atoms with van der Waals surface area (Å²) in [7, 11) is 0. The Morgan fingerprint density at radius 3 is 2.09 bits per heavy atom. The van der Waals surface area contributed by atoms with Gasteiger partial charge in [0.2, 0.25) is 5.91 Å². The molecule has 2 amide bonds. The molecule has 0 aliphatic rings. The molecule has 2 aromatic carbocycles. The highest BCUT2D eigenvalue weighted by Gasteiger charge is 2.10. The number of benzene rings is 2. The van der Waals surface area contributed by atoms with Crippen molar-refractivity contribution < 1.29 is 30.0 Å². The van der Waals surface area contributed by atoms with E-state index in [1.165, 1.54) is 36.4 Å². The van der Waals surface area contributed by atoms with Gasteiger partial charge in [0, 0.05) is 19.2 Å². The number of nitrogens with zero attached hydrogens (tertiary/aromatic N) is 2. The van der Waals surface area contributed by atoms with Crippen LogP contribution in [0.3, 0.4) is 0 Å². The summed E-state index contributed by atoms with van der Waals surface area (Å²) in [5.74, 6) is -2.68. The highest BCUT2D eigenvalue weighted by atomic mass is 16.3. The van der Waals surface area contributed by atoms with E-state index >= 15 is 0 Å². The Morgan fingerprint density at radius 2 is 1.48 bits per heavy atom. The molecule has 0 saturated heterocycles. The third-order valence-electron chi connectivity index (χ3n) is 4.30. The van der Waals surface area contributed by atoms with E-state index in [4.69, 9.17) is 0 Å². The number of allylic oxidation sites excluding steroid dienone is 1. The standard InChI is InChI=1S/C23H20N4O6/c24-12-16(15-3-5-19(29)21(31)10-15)11-22(32)26-6-1-7-27-23(33)17(13-25)8-14-2-4-18(28)20(30)9-14/h2-5,8-11,28-31H,1,6-7H2,(H,26,32)(H,27,33)/b16-11+,17-8+. The van der Waals surface area contributed by atoms with Gasteiger partial charge in [-0.05, 0) is 54.0 Å². The van der Waals surface area contributed by atoms with E-state index in [0.29, 0.717) is 12.0 Å². The number of phenols is 4. The lowest BCUT2D eigenvalue weighted by atomic mass is 10.1. The normalized spacial score (nSPS) is 11.2. The Balaban J connectivity index is 1.85. The largest absolute Gasteiger partial charge is 0.504 e. The van der Waals surface area contributed by atoms with Crippen LogP contribution in [0.25, 0.3) is 11.6 Å². The lowest BCUT2D eigenvalue weighted by molar-refractivity contribution is -0.117. The van der Waals surface area contributed by atoms with Crippen molar-refractivity contribution in [2.75, 3.05) is 13.1 Å². The number of hydrogen-bond acceptors (Lipinski definition) is 8. The van der Waals surface area contributed by atoms with Gasteiger partial charge in [-0.25, -0.2) is 0 Å². The van der Waals surface area contributed by atoms with Crippen molar-refractivity contribution in [1.29, 1.82) is 10.5 Å². The maximum Gasteiger partial charge on any atom is 0.261 e. The fourth-order valence-electron chi connectivity index (χ4n) is 2.60. The Kier molecular flexibility index (Phi) is 8.43. The molecule has 0 aliphatic heterocycles. The number of phenolic OH excluding ortho intramolecular Hbond substituents is 4. The molecule has 0 atom stereocenters. The molecule has 0 bridgehead atoms. The number of nitriles is 2. The predicted molar refractivity (Wildman–Crippen MR) is 117 cm³/mol. The minimum Gasteiger partial charge on any atom is -0.504 e. The Hall–Kier alpha value is -4.96. The Labute approximate surface area is 189 Å². The van der Waals surface area contributed by atoms with Crippen LogP contribution in [0.1, 0.15) is 17.5 Å². The van der Waals surface area contributed by atoms with Gasteiger partial charge in [0.15, 0.2) is 23.0 Å². The second kappa shape index (κ2) is 11.4. The number of carbonyl (C=O) groups is 2. The first-order valence-corrected chi connectivity index (χ1v) is 9.59. The third kappa shape index (κ3) is 7.05. The summed E-state index contributed by atoms with van der Waals surface area (Å²) in [6.45, 7) is 0.326. The van der Waals surface area contributed by atoms with E-state index in [2.05, 4.69) is 10.6 Å². The minimum atomic E-state index is -0.643. The smallest absolute Gasteiger partial charge is 0.261 e. The first-order valence-electron chi connectivity index (χ1n) is 9.59. The van der Waals surface area contributed by atoms with Crippen molar-refractivity contribution in [3.63, 3.8) is 0 Å². The minimum absolute atomic E-state index is 0.0137. The van der Waals surface area contributed by atoms with Crippen LogP contribution in [-0.4, -0.2) is 45.3 Å². The number of nitrogens with one attached hydrogen (secondary N) is 2. The first-order chi connectivity index (χ1) is 15.7. The third-order valence-corrected chi connectivity index (χ3v) is 4.30. The average Bonchev–Trinajstić information content (AvgIpc) is 2.79. The van der Waals surface area contributed by atoms with Crippen molar-refractivity contribution in [3.8, 4) is 35.1 Å². The summed E-state index contributed by atoms with van der Waals surface area (Å²) in [4.78, 5) is 24.2. The molecule has 33 heavy (non-hydrogen) atoms. The monoisotopic (exact) mass is 448 g/mol. The average molecular weight is 448 g/mol. The molecule has 0 heterocycles. The van der Waals surface area contributed by atoms with Crippen LogP contribution >= 0.6 is 0 Å². The maximum absolute atomic E-state index is 12.1. The second-order valence-electron chi connectivity index (χ2n) is 6.69. The van der Waals surface area contributed by atoms with Gasteiger partial charge in [0.25, 0.3) is 5.91 Å². The zero-order valence-electron chi connectivity index (χ0n) is 17.2. The van der Waals surface area contributed by atoms with Crippen LogP contribution in [0.4, 0.5) is 0 Å². The SMILES string of the molecule is N#C/C(=C\C(=O)NCCCNC(=O)/C(C#N)=C/c1ccc(O)c(O)c1)c1ccc(O)c(O)c1. The van der Waals surface area contributed by atoms with Gasteiger partial charge in [-0.1, -0.05) is 6.07 Å². The maximum atomic E-state index is 12.1. The second-order valence-corrected chi connectivity index (χ2v) is 6.69. The molecule has 10 nitrogen and oxygen atoms in total. The quantitative estimate of drug-likeness (QED) is 0.152. The molecule has 0 aromatic heterocycles. The molecule has 10 heteroatoms. The van der Waals surface area contributed by atoms with Crippen LogP contribution in [0, 0.1) is 22.7 Å². The van der Waals surface area contributed by atoms with Crippen LogP contribution in [0.15, 0.2) is 48.0 Å². The summed E-state index contributed by atoms with van der Waals surface area (Å²) in [5, 5.41) is 61.1. The van der Waals surface area contributed by atoms with E-state index in [0.717, 1.165) is 12.1 Å². The molecule has 0 aliphatic carbocycles. The molecule has 168 valence electrons. The zero-order chi connectivity index (χ0) is 24.4. The molecule has 0 saturated carbocycles. The molecular formula is C23H20N4O6. The van der Waals surface area contributed by atoms with E-state index in [1.807, 2.05) is 6.07 Å². The number of aromatic hydroxyl groups is 4. The summed E-state index contributed by atoms with van der Waals surface area (Å²) >= 11 is 0. The molecule has 0 radical (unpaired) electrons. The fourth-order valence-corrected chi connectivity index (χ4v) is 2.60. The van der Waals surface area contributed by atoms with Crippen LogP contribution < -0.4 is 10.6 Å².